The largest absolute Gasteiger partial charge is 0.342 e. The van der Waals surface area contributed by atoms with Crippen molar-refractivity contribution in [2.45, 2.75) is 11.8 Å². The summed E-state index contributed by atoms with van der Waals surface area (Å²) in [6.45, 7) is 1.83. The van der Waals surface area contributed by atoms with Gasteiger partial charge in [-0.3, -0.25) is 9.71 Å². The molecule has 0 spiro atoms. The highest BCUT2D eigenvalue weighted by Crippen LogP contribution is 2.25. The van der Waals surface area contributed by atoms with E-state index >= 15 is 0 Å². The van der Waals surface area contributed by atoms with Crippen LogP contribution in [0, 0.1) is 6.92 Å². The fraction of sp³-hybridized carbons (Fsp3) is 0.0588. The number of benzene rings is 2. The highest BCUT2D eigenvalue weighted by molar-refractivity contribution is 7.92. The summed E-state index contributed by atoms with van der Waals surface area (Å²) in [4.78, 5) is 11.8. The number of nitrogens with one attached hydrogen (secondary N) is 2. The van der Waals surface area contributed by atoms with Gasteiger partial charge in [-0.2, -0.15) is 0 Å². The summed E-state index contributed by atoms with van der Waals surface area (Å²) in [5.41, 5.74) is 2.49. The van der Waals surface area contributed by atoms with E-state index in [0.29, 0.717) is 16.7 Å². The lowest BCUT2D eigenvalue weighted by atomic mass is 10.2. The first kappa shape index (κ1) is 14.6. The van der Waals surface area contributed by atoms with Gasteiger partial charge in [0.05, 0.1) is 27.1 Å². The van der Waals surface area contributed by atoms with E-state index in [1.54, 1.807) is 36.5 Å². The van der Waals surface area contributed by atoms with Gasteiger partial charge in [-0.05, 0) is 37.3 Å². The number of aromatic nitrogens is 3. The van der Waals surface area contributed by atoms with Gasteiger partial charge in [0.2, 0.25) is 0 Å². The molecule has 7 heteroatoms. The minimum atomic E-state index is -3.72. The van der Waals surface area contributed by atoms with Crippen LogP contribution in [0.4, 0.5) is 5.69 Å². The molecular formula is C17H14N4O2S. The van der Waals surface area contributed by atoms with Crippen LogP contribution in [-0.2, 0) is 10.0 Å². The molecule has 0 saturated heterocycles. The van der Waals surface area contributed by atoms with Crippen molar-refractivity contribution in [3.8, 4) is 0 Å². The third-order valence-electron chi connectivity index (χ3n) is 3.76. The molecule has 4 rings (SSSR count). The van der Waals surface area contributed by atoms with E-state index in [4.69, 9.17) is 0 Å². The molecule has 0 atom stereocenters. The summed E-state index contributed by atoms with van der Waals surface area (Å²) in [5.74, 6) is 0.741. The molecular weight excluding hydrogens is 324 g/mol. The van der Waals surface area contributed by atoms with Gasteiger partial charge < -0.3 is 4.98 Å². The van der Waals surface area contributed by atoms with Crippen molar-refractivity contribution < 1.29 is 8.42 Å². The Labute approximate surface area is 138 Å². The van der Waals surface area contributed by atoms with Gasteiger partial charge >= 0.3 is 0 Å². The standard InChI is InChI=1S/C17H14N4O2S/c1-11-19-14-8-7-13(10-16(14)20-11)24(22,23)21-15-6-2-4-12-5-3-9-18-17(12)15/h2-10,21H,1H3,(H,19,20). The first-order chi connectivity index (χ1) is 11.5. The second-order valence-corrected chi connectivity index (χ2v) is 7.17. The zero-order chi connectivity index (χ0) is 16.7. The second kappa shape index (κ2) is 5.31. The third kappa shape index (κ3) is 2.48. The zero-order valence-corrected chi connectivity index (χ0v) is 13.6. The molecule has 0 amide bonds. The second-order valence-electron chi connectivity index (χ2n) is 5.49. The van der Waals surface area contributed by atoms with Crippen LogP contribution in [0.15, 0.2) is 59.6 Å². The van der Waals surface area contributed by atoms with Gasteiger partial charge in [-0.15, -0.1) is 0 Å². The van der Waals surface area contributed by atoms with Crippen LogP contribution in [0.3, 0.4) is 0 Å². The van der Waals surface area contributed by atoms with Crippen molar-refractivity contribution in [3.63, 3.8) is 0 Å². The van der Waals surface area contributed by atoms with E-state index < -0.39 is 10.0 Å². The summed E-state index contributed by atoms with van der Waals surface area (Å²) in [7, 11) is -3.72. The molecule has 0 fully saturated rings. The topological polar surface area (TPSA) is 87.7 Å². The maximum Gasteiger partial charge on any atom is 0.262 e. The van der Waals surface area contributed by atoms with Crippen molar-refractivity contribution >= 4 is 37.6 Å². The molecule has 2 N–H and O–H groups in total. The number of imidazole rings is 1. The van der Waals surface area contributed by atoms with E-state index in [1.807, 2.05) is 25.1 Å². The fourth-order valence-electron chi connectivity index (χ4n) is 2.67. The first-order valence-corrected chi connectivity index (χ1v) is 8.84. The number of fused-ring (bicyclic) bond motifs is 2. The van der Waals surface area contributed by atoms with E-state index in [-0.39, 0.29) is 4.90 Å². The number of aromatic amines is 1. The molecule has 4 aromatic rings. The SMILES string of the molecule is Cc1nc2ccc(S(=O)(=O)Nc3cccc4cccnc34)cc2[nH]1. The van der Waals surface area contributed by atoms with E-state index in [0.717, 1.165) is 16.7 Å². The van der Waals surface area contributed by atoms with Crippen LogP contribution in [0.1, 0.15) is 5.82 Å². The molecule has 0 bridgehead atoms. The Kier molecular flexibility index (Phi) is 3.24. The molecule has 0 aliphatic heterocycles. The first-order valence-electron chi connectivity index (χ1n) is 7.36. The van der Waals surface area contributed by atoms with Gasteiger partial charge in [-0.1, -0.05) is 18.2 Å². The van der Waals surface area contributed by atoms with Gasteiger partial charge in [-0.25, -0.2) is 13.4 Å². The van der Waals surface area contributed by atoms with Gasteiger partial charge in [0.25, 0.3) is 10.0 Å². The summed E-state index contributed by atoms with van der Waals surface area (Å²) in [6, 6.07) is 13.9. The number of rotatable bonds is 3. The minimum absolute atomic E-state index is 0.173. The van der Waals surface area contributed by atoms with Gasteiger partial charge in [0, 0.05) is 11.6 Å². The third-order valence-corrected chi connectivity index (χ3v) is 5.12. The fourth-order valence-corrected chi connectivity index (χ4v) is 3.77. The number of nitrogens with zero attached hydrogens (tertiary/aromatic N) is 2. The lowest BCUT2D eigenvalue weighted by molar-refractivity contribution is 0.601. The smallest absolute Gasteiger partial charge is 0.262 e. The number of hydrogen-bond donors (Lipinski definition) is 2. The predicted molar refractivity (Wildman–Crippen MR) is 93.4 cm³/mol. The number of pyridine rings is 1. The Hall–Kier alpha value is -2.93. The van der Waals surface area contributed by atoms with Crippen molar-refractivity contribution in [1.29, 1.82) is 0 Å². The molecule has 2 aromatic heterocycles. The summed E-state index contributed by atoms with van der Waals surface area (Å²) >= 11 is 0. The Morgan fingerprint density at radius 3 is 2.79 bits per heavy atom. The van der Waals surface area contributed by atoms with Crippen molar-refractivity contribution in [2.24, 2.45) is 0 Å². The van der Waals surface area contributed by atoms with Crippen molar-refractivity contribution in [3.05, 3.63) is 60.6 Å². The van der Waals surface area contributed by atoms with Crippen LogP contribution in [0.2, 0.25) is 0 Å². The molecule has 2 aromatic carbocycles. The molecule has 2 heterocycles. The number of hydrogen-bond acceptors (Lipinski definition) is 4. The number of sulfonamides is 1. The molecule has 6 nitrogen and oxygen atoms in total. The van der Waals surface area contributed by atoms with Crippen molar-refractivity contribution in [2.75, 3.05) is 4.72 Å². The monoisotopic (exact) mass is 338 g/mol. The normalized spacial score (nSPS) is 11.9. The van der Waals surface area contributed by atoms with Crippen LogP contribution >= 0.6 is 0 Å². The minimum Gasteiger partial charge on any atom is -0.342 e. The highest BCUT2D eigenvalue weighted by atomic mass is 32.2. The van der Waals surface area contributed by atoms with Crippen LogP contribution in [0.5, 0.6) is 0 Å². The Balaban J connectivity index is 1.78. The average Bonchev–Trinajstić information content (AvgIpc) is 2.94. The number of para-hydroxylation sites is 1. The Morgan fingerprint density at radius 1 is 1.08 bits per heavy atom. The molecule has 0 aliphatic rings. The number of H-pyrrole nitrogens is 1. The predicted octanol–water partition coefficient (Wildman–Crippen LogP) is 3.22. The molecule has 0 radical (unpaired) electrons. The molecule has 24 heavy (non-hydrogen) atoms. The molecule has 0 unspecified atom stereocenters. The maximum absolute atomic E-state index is 12.7. The lowest BCUT2D eigenvalue weighted by Gasteiger charge is -2.10. The van der Waals surface area contributed by atoms with E-state index in [9.17, 15) is 8.42 Å². The number of anilines is 1. The molecule has 0 saturated carbocycles. The molecule has 120 valence electrons. The molecule has 0 aliphatic carbocycles. The highest BCUT2D eigenvalue weighted by Gasteiger charge is 2.17. The Bertz CT molecular complexity index is 1160. The van der Waals surface area contributed by atoms with Gasteiger partial charge in [0.1, 0.15) is 5.82 Å². The summed E-state index contributed by atoms with van der Waals surface area (Å²) < 4.78 is 28.1. The lowest BCUT2D eigenvalue weighted by Crippen LogP contribution is -2.13. The van der Waals surface area contributed by atoms with Gasteiger partial charge in [0.15, 0.2) is 0 Å². The van der Waals surface area contributed by atoms with E-state index in [1.165, 1.54) is 0 Å². The van der Waals surface area contributed by atoms with Crippen LogP contribution in [-0.4, -0.2) is 23.4 Å². The summed E-state index contributed by atoms with van der Waals surface area (Å²) in [6.07, 6.45) is 1.64. The average molecular weight is 338 g/mol. The quantitative estimate of drug-likeness (QED) is 0.600. The number of aryl methyl sites for hydroxylation is 1. The van der Waals surface area contributed by atoms with Crippen LogP contribution < -0.4 is 4.72 Å². The maximum atomic E-state index is 12.7. The van der Waals surface area contributed by atoms with Crippen LogP contribution in [0.25, 0.3) is 21.9 Å². The zero-order valence-electron chi connectivity index (χ0n) is 12.8. The van der Waals surface area contributed by atoms with E-state index in [2.05, 4.69) is 19.7 Å². The van der Waals surface area contributed by atoms with Crippen molar-refractivity contribution in [1.82, 2.24) is 15.0 Å². The summed E-state index contributed by atoms with van der Waals surface area (Å²) in [5, 5.41) is 0.873. The Morgan fingerprint density at radius 2 is 1.92 bits per heavy atom.